The van der Waals surface area contributed by atoms with Crippen molar-refractivity contribution >= 4 is 0 Å². The fourth-order valence-corrected chi connectivity index (χ4v) is 1.71. The number of alkyl halides is 3. The van der Waals surface area contributed by atoms with E-state index in [1.54, 1.807) is 6.07 Å². The van der Waals surface area contributed by atoms with Crippen molar-refractivity contribution in [2.24, 2.45) is 0 Å². The van der Waals surface area contributed by atoms with Gasteiger partial charge in [0.05, 0.1) is 23.1 Å². The van der Waals surface area contributed by atoms with Gasteiger partial charge in [-0.3, -0.25) is 0 Å². The van der Waals surface area contributed by atoms with Crippen molar-refractivity contribution in [3.8, 4) is 5.69 Å². The van der Waals surface area contributed by atoms with E-state index < -0.39 is 11.7 Å². The van der Waals surface area contributed by atoms with E-state index in [0.717, 1.165) is 6.07 Å². The molecule has 0 aliphatic heterocycles. The largest absolute Gasteiger partial charge is 0.416 e. The van der Waals surface area contributed by atoms with Gasteiger partial charge in [0, 0.05) is 13.0 Å². The molecule has 0 saturated heterocycles. The number of nitrogens with zero attached hydrogens (tertiary/aromatic N) is 3. The Morgan fingerprint density at radius 2 is 2.05 bits per heavy atom. The van der Waals surface area contributed by atoms with Gasteiger partial charge in [-0.15, -0.1) is 5.10 Å². The number of hydrogen-bond donors (Lipinski definition) is 1. The summed E-state index contributed by atoms with van der Waals surface area (Å²) in [5.41, 5.74) is 0.280. The first-order valence-corrected chi connectivity index (χ1v) is 5.62. The Morgan fingerprint density at radius 3 is 2.68 bits per heavy atom. The van der Waals surface area contributed by atoms with Crippen LogP contribution in [0.2, 0.25) is 0 Å². The van der Waals surface area contributed by atoms with E-state index in [9.17, 15) is 13.2 Å². The summed E-state index contributed by atoms with van der Waals surface area (Å²) in [5.74, 6) is 0. The van der Waals surface area contributed by atoms with Gasteiger partial charge in [0.15, 0.2) is 0 Å². The highest BCUT2D eigenvalue weighted by molar-refractivity contribution is 5.41. The van der Waals surface area contributed by atoms with Crippen LogP contribution >= 0.6 is 0 Å². The highest BCUT2D eigenvalue weighted by Gasteiger charge is 2.32. The fourth-order valence-electron chi connectivity index (χ4n) is 1.71. The van der Waals surface area contributed by atoms with E-state index >= 15 is 0 Å². The number of aromatic nitrogens is 3. The van der Waals surface area contributed by atoms with E-state index in [0.29, 0.717) is 12.1 Å². The van der Waals surface area contributed by atoms with Crippen LogP contribution in [0.3, 0.4) is 0 Å². The summed E-state index contributed by atoms with van der Waals surface area (Å²) in [7, 11) is 0. The molecule has 0 spiro atoms. The van der Waals surface area contributed by atoms with Gasteiger partial charge in [-0.05, 0) is 24.6 Å². The molecule has 0 atom stereocenters. The minimum absolute atomic E-state index is 0.0829. The van der Waals surface area contributed by atoms with Crippen LogP contribution in [0.5, 0.6) is 0 Å². The van der Waals surface area contributed by atoms with Crippen molar-refractivity contribution < 1.29 is 18.3 Å². The molecule has 4 nitrogen and oxygen atoms in total. The fraction of sp³-hybridized carbons (Fsp3) is 0.333. The zero-order valence-electron chi connectivity index (χ0n) is 10.1. The smallest absolute Gasteiger partial charge is 0.396 e. The molecule has 2 aromatic rings. The predicted molar refractivity (Wildman–Crippen MR) is 61.9 cm³/mol. The first-order valence-electron chi connectivity index (χ1n) is 5.62. The third-order valence-corrected chi connectivity index (χ3v) is 2.70. The molecule has 0 unspecified atom stereocenters. The topological polar surface area (TPSA) is 50.9 Å². The molecule has 19 heavy (non-hydrogen) atoms. The van der Waals surface area contributed by atoms with Gasteiger partial charge < -0.3 is 5.11 Å². The van der Waals surface area contributed by atoms with Crippen molar-refractivity contribution in [1.29, 1.82) is 0 Å². The zero-order valence-corrected chi connectivity index (χ0v) is 10.1. The van der Waals surface area contributed by atoms with Gasteiger partial charge in [-0.25, -0.2) is 4.68 Å². The Bertz CT molecular complexity index is 578. The van der Waals surface area contributed by atoms with Crippen LogP contribution in [-0.2, 0) is 12.6 Å². The average molecular weight is 271 g/mol. The summed E-state index contributed by atoms with van der Waals surface area (Å²) in [6, 6.07) is 3.97. The number of aryl methyl sites for hydroxylation is 1. The lowest BCUT2D eigenvalue weighted by atomic mass is 10.1. The molecule has 1 heterocycles. The molecule has 0 radical (unpaired) electrons. The molecular formula is C12H12F3N3O. The number of benzene rings is 1. The summed E-state index contributed by atoms with van der Waals surface area (Å²) in [5, 5.41) is 16.3. The van der Waals surface area contributed by atoms with Gasteiger partial charge >= 0.3 is 6.18 Å². The predicted octanol–water partition coefficient (Wildman–Crippen LogP) is 2.13. The molecule has 2 rings (SSSR count). The van der Waals surface area contributed by atoms with E-state index in [-0.39, 0.29) is 17.9 Å². The zero-order chi connectivity index (χ0) is 14.0. The van der Waals surface area contributed by atoms with Crippen LogP contribution in [0.15, 0.2) is 24.4 Å². The molecule has 1 aromatic carbocycles. The lowest BCUT2D eigenvalue weighted by Gasteiger charge is -2.11. The third-order valence-electron chi connectivity index (χ3n) is 2.70. The van der Waals surface area contributed by atoms with E-state index in [1.165, 1.54) is 23.9 Å². The first-order chi connectivity index (χ1) is 8.91. The van der Waals surface area contributed by atoms with Gasteiger partial charge in [0.1, 0.15) is 0 Å². The average Bonchev–Trinajstić information content (AvgIpc) is 2.77. The van der Waals surface area contributed by atoms with Gasteiger partial charge in [0.25, 0.3) is 0 Å². The van der Waals surface area contributed by atoms with Crippen LogP contribution in [0.1, 0.15) is 16.8 Å². The van der Waals surface area contributed by atoms with E-state index in [4.69, 9.17) is 5.11 Å². The highest BCUT2D eigenvalue weighted by atomic mass is 19.4. The minimum Gasteiger partial charge on any atom is -0.396 e. The maximum absolute atomic E-state index is 12.8. The molecule has 0 amide bonds. The van der Waals surface area contributed by atoms with Crippen LogP contribution in [0.4, 0.5) is 13.2 Å². The number of aliphatic hydroxyl groups is 1. The number of halogens is 3. The van der Waals surface area contributed by atoms with Crippen molar-refractivity contribution in [2.75, 3.05) is 6.61 Å². The summed E-state index contributed by atoms with van der Waals surface area (Å²) >= 11 is 0. The standard InChI is InChI=1S/C12H12F3N3O/c1-8-2-3-10(6-11(8)12(13,14)15)18-7-9(4-5-19)16-17-18/h2-3,6-7,19H,4-5H2,1H3. The summed E-state index contributed by atoms with van der Waals surface area (Å²) in [6.45, 7) is 1.32. The van der Waals surface area contributed by atoms with Crippen LogP contribution in [0, 0.1) is 6.92 Å². The van der Waals surface area contributed by atoms with E-state index in [2.05, 4.69) is 10.3 Å². The SMILES string of the molecule is Cc1ccc(-n2cc(CCO)nn2)cc1C(F)(F)F. The molecule has 0 bridgehead atoms. The van der Waals surface area contributed by atoms with Crippen molar-refractivity contribution in [1.82, 2.24) is 15.0 Å². The number of rotatable bonds is 3. The Hall–Kier alpha value is -1.89. The molecule has 0 aliphatic carbocycles. The van der Waals surface area contributed by atoms with Crippen molar-refractivity contribution in [3.05, 3.63) is 41.2 Å². The normalized spacial score (nSPS) is 11.8. The number of aliphatic hydroxyl groups excluding tert-OH is 1. The van der Waals surface area contributed by atoms with Crippen LogP contribution < -0.4 is 0 Å². The Balaban J connectivity index is 2.39. The molecule has 7 heteroatoms. The Morgan fingerprint density at radius 1 is 1.32 bits per heavy atom. The molecule has 1 aromatic heterocycles. The Kier molecular flexibility index (Phi) is 3.57. The van der Waals surface area contributed by atoms with Gasteiger partial charge in [-0.1, -0.05) is 11.3 Å². The molecule has 1 N–H and O–H groups in total. The van der Waals surface area contributed by atoms with Gasteiger partial charge in [0.2, 0.25) is 0 Å². The maximum Gasteiger partial charge on any atom is 0.416 e. The van der Waals surface area contributed by atoms with Gasteiger partial charge in [-0.2, -0.15) is 13.2 Å². The minimum atomic E-state index is -4.39. The molecule has 0 saturated carbocycles. The summed E-state index contributed by atoms with van der Waals surface area (Å²) < 4.78 is 39.6. The van der Waals surface area contributed by atoms with Crippen LogP contribution in [-0.4, -0.2) is 26.7 Å². The van der Waals surface area contributed by atoms with Crippen molar-refractivity contribution in [3.63, 3.8) is 0 Å². The lowest BCUT2D eigenvalue weighted by molar-refractivity contribution is -0.138. The molecule has 102 valence electrons. The monoisotopic (exact) mass is 271 g/mol. The summed E-state index contributed by atoms with van der Waals surface area (Å²) in [4.78, 5) is 0. The highest BCUT2D eigenvalue weighted by Crippen LogP contribution is 2.32. The second-order valence-electron chi connectivity index (χ2n) is 4.13. The maximum atomic E-state index is 12.8. The second-order valence-corrected chi connectivity index (χ2v) is 4.13. The molecule has 0 aliphatic rings. The molecule has 0 fully saturated rings. The quantitative estimate of drug-likeness (QED) is 0.930. The molecular weight excluding hydrogens is 259 g/mol. The number of hydrogen-bond acceptors (Lipinski definition) is 3. The van der Waals surface area contributed by atoms with Crippen LogP contribution in [0.25, 0.3) is 5.69 Å². The van der Waals surface area contributed by atoms with Crippen molar-refractivity contribution in [2.45, 2.75) is 19.5 Å². The first kappa shape index (κ1) is 13.5. The summed E-state index contributed by atoms with van der Waals surface area (Å²) in [6.07, 6.45) is -2.58. The lowest BCUT2D eigenvalue weighted by Crippen LogP contribution is -2.09. The third kappa shape index (κ3) is 2.93. The van der Waals surface area contributed by atoms with E-state index in [1.807, 2.05) is 0 Å². The Labute approximate surface area is 107 Å². The second kappa shape index (κ2) is 5.00.